The Labute approximate surface area is 206 Å². The summed E-state index contributed by atoms with van der Waals surface area (Å²) in [7, 11) is 0. The van der Waals surface area contributed by atoms with Gasteiger partial charge in [0.05, 0.1) is 0 Å². The highest BCUT2D eigenvalue weighted by molar-refractivity contribution is 5.48. The molecule has 0 amide bonds. The van der Waals surface area contributed by atoms with Crippen LogP contribution in [0, 0.1) is 0 Å². The molecule has 5 rings (SSSR count). The minimum absolute atomic E-state index is 0.0164. The van der Waals surface area contributed by atoms with Gasteiger partial charge in [0.2, 0.25) is 17.8 Å². The largest absolute Gasteiger partial charge is 0.508 e. The van der Waals surface area contributed by atoms with Gasteiger partial charge in [-0.1, -0.05) is 12.1 Å². The third kappa shape index (κ3) is 5.58. The lowest BCUT2D eigenvalue weighted by Gasteiger charge is -2.38. The van der Waals surface area contributed by atoms with Crippen LogP contribution in [0.3, 0.4) is 0 Å². The van der Waals surface area contributed by atoms with Crippen LogP contribution in [0.1, 0.15) is 37.2 Å². The Morgan fingerprint density at radius 1 is 0.686 bits per heavy atom. The van der Waals surface area contributed by atoms with Crippen molar-refractivity contribution < 1.29 is 5.11 Å². The SMILES string of the molecule is N[C@@H]1C[C@H](N)CN(c2nc(N3CCC(c4cccc(O)c4)CC3)nc(N3C[C@H](N)C[C@H](N)C3)n2)C1. The lowest BCUT2D eigenvalue weighted by atomic mass is 9.89. The number of anilines is 3. The molecule has 0 unspecified atom stereocenters. The van der Waals surface area contributed by atoms with Gasteiger partial charge in [-0.05, 0) is 49.3 Å². The fourth-order valence-corrected chi connectivity index (χ4v) is 5.64. The molecule has 0 aliphatic carbocycles. The number of aromatic hydroxyl groups is 1. The van der Waals surface area contributed by atoms with E-state index in [1.54, 1.807) is 6.07 Å². The Morgan fingerprint density at radius 3 is 1.60 bits per heavy atom. The van der Waals surface area contributed by atoms with E-state index in [0.717, 1.165) is 38.8 Å². The van der Waals surface area contributed by atoms with Crippen molar-refractivity contribution in [3.05, 3.63) is 29.8 Å². The molecule has 1 aromatic carbocycles. The maximum absolute atomic E-state index is 9.87. The van der Waals surface area contributed by atoms with Gasteiger partial charge in [0.25, 0.3) is 0 Å². The van der Waals surface area contributed by atoms with Crippen molar-refractivity contribution >= 4 is 17.8 Å². The van der Waals surface area contributed by atoms with Gasteiger partial charge < -0.3 is 42.7 Å². The maximum atomic E-state index is 9.87. The Morgan fingerprint density at radius 2 is 1.14 bits per heavy atom. The summed E-state index contributed by atoms with van der Waals surface area (Å²) in [4.78, 5) is 21.0. The van der Waals surface area contributed by atoms with Crippen LogP contribution in [0.5, 0.6) is 5.75 Å². The average molecular weight is 483 g/mol. The molecule has 1 aromatic heterocycles. The molecule has 11 nitrogen and oxygen atoms in total. The molecule has 3 aliphatic rings. The smallest absolute Gasteiger partial charge is 0.232 e. The Bertz CT molecular complexity index is 949. The highest BCUT2D eigenvalue weighted by atomic mass is 16.3. The molecule has 4 heterocycles. The molecule has 0 bridgehead atoms. The highest BCUT2D eigenvalue weighted by Crippen LogP contribution is 2.32. The van der Waals surface area contributed by atoms with Gasteiger partial charge in [0, 0.05) is 63.4 Å². The fourth-order valence-electron chi connectivity index (χ4n) is 5.64. The second-order valence-electron chi connectivity index (χ2n) is 10.4. The first-order valence-electron chi connectivity index (χ1n) is 12.7. The Balaban J connectivity index is 1.40. The molecule has 0 saturated carbocycles. The number of rotatable bonds is 4. The van der Waals surface area contributed by atoms with Crippen LogP contribution in [0.15, 0.2) is 24.3 Å². The minimum Gasteiger partial charge on any atom is -0.508 e. The van der Waals surface area contributed by atoms with Crippen molar-refractivity contribution in [1.82, 2.24) is 15.0 Å². The summed E-state index contributed by atoms with van der Waals surface area (Å²) in [5.74, 6) is 2.60. The topological polar surface area (TPSA) is 173 Å². The molecule has 4 atom stereocenters. The van der Waals surface area contributed by atoms with Crippen LogP contribution in [0.4, 0.5) is 17.8 Å². The van der Waals surface area contributed by atoms with Gasteiger partial charge in [-0.15, -0.1) is 0 Å². The standard InChI is InChI=1S/C24H38N10O/c25-17-9-18(26)12-33(11-17)23-29-22(30-24(31-23)34-13-19(27)10-20(28)14-34)32-6-4-15(5-7-32)16-2-1-3-21(35)8-16/h1-3,8,15,17-20,35H,4-7,9-14,25-28H2/t17-,18+,19-,20+. The summed E-state index contributed by atoms with van der Waals surface area (Å²) in [5.41, 5.74) is 26.2. The Kier molecular flexibility index (Phi) is 6.92. The lowest BCUT2D eigenvalue weighted by molar-refractivity contribution is 0.439. The summed E-state index contributed by atoms with van der Waals surface area (Å²) >= 11 is 0. The van der Waals surface area contributed by atoms with Gasteiger partial charge in [0.15, 0.2) is 0 Å². The number of piperidine rings is 3. The third-order valence-electron chi connectivity index (χ3n) is 7.32. The van der Waals surface area contributed by atoms with E-state index >= 15 is 0 Å². The molecule has 9 N–H and O–H groups in total. The average Bonchev–Trinajstić information content (AvgIpc) is 2.83. The van der Waals surface area contributed by atoms with E-state index in [9.17, 15) is 5.11 Å². The normalized spacial score (nSPS) is 28.4. The number of hydrogen-bond acceptors (Lipinski definition) is 11. The lowest BCUT2D eigenvalue weighted by Crippen LogP contribution is -2.54. The van der Waals surface area contributed by atoms with Crippen molar-refractivity contribution in [3.8, 4) is 5.75 Å². The highest BCUT2D eigenvalue weighted by Gasteiger charge is 2.30. The molecule has 190 valence electrons. The van der Waals surface area contributed by atoms with Crippen molar-refractivity contribution in [2.75, 3.05) is 54.0 Å². The van der Waals surface area contributed by atoms with Gasteiger partial charge in [-0.2, -0.15) is 15.0 Å². The molecule has 3 aliphatic heterocycles. The number of benzene rings is 1. The van der Waals surface area contributed by atoms with E-state index in [-0.39, 0.29) is 24.2 Å². The van der Waals surface area contributed by atoms with E-state index in [0.29, 0.717) is 55.7 Å². The van der Waals surface area contributed by atoms with E-state index in [1.807, 2.05) is 12.1 Å². The van der Waals surface area contributed by atoms with E-state index < -0.39 is 0 Å². The van der Waals surface area contributed by atoms with Crippen molar-refractivity contribution in [3.63, 3.8) is 0 Å². The number of phenolic OH excluding ortho intramolecular Hbond substituents is 1. The van der Waals surface area contributed by atoms with Crippen molar-refractivity contribution in [2.45, 2.75) is 55.8 Å². The van der Waals surface area contributed by atoms with Crippen LogP contribution in [0.25, 0.3) is 0 Å². The van der Waals surface area contributed by atoms with Gasteiger partial charge in [-0.3, -0.25) is 0 Å². The predicted octanol–water partition coefficient (Wildman–Crippen LogP) is -0.309. The third-order valence-corrected chi connectivity index (χ3v) is 7.32. The van der Waals surface area contributed by atoms with E-state index in [1.165, 1.54) is 5.56 Å². The first-order valence-corrected chi connectivity index (χ1v) is 12.7. The first-order chi connectivity index (χ1) is 16.8. The summed E-state index contributed by atoms with van der Waals surface area (Å²) in [6.45, 7) is 4.29. The maximum Gasteiger partial charge on any atom is 0.232 e. The molecule has 0 radical (unpaired) electrons. The molecule has 3 fully saturated rings. The number of hydrogen-bond donors (Lipinski definition) is 5. The number of nitrogens with zero attached hydrogens (tertiary/aromatic N) is 6. The second-order valence-corrected chi connectivity index (χ2v) is 10.4. The number of phenols is 1. The summed E-state index contributed by atoms with van der Waals surface area (Å²) in [5, 5.41) is 9.87. The summed E-state index contributed by atoms with van der Waals surface area (Å²) in [6.07, 6.45) is 3.50. The zero-order valence-electron chi connectivity index (χ0n) is 20.2. The molecule has 11 heteroatoms. The molecule has 35 heavy (non-hydrogen) atoms. The van der Waals surface area contributed by atoms with Crippen molar-refractivity contribution in [1.29, 1.82) is 0 Å². The van der Waals surface area contributed by atoms with Crippen LogP contribution in [-0.2, 0) is 0 Å². The van der Waals surface area contributed by atoms with Crippen LogP contribution >= 0.6 is 0 Å². The Hall–Kier alpha value is -2.73. The predicted molar refractivity (Wildman–Crippen MR) is 138 cm³/mol. The first kappa shape index (κ1) is 24.0. The van der Waals surface area contributed by atoms with Crippen LogP contribution in [0.2, 0.25) is 0 Å². The number of nitrogens with two attached hydrogens (primary N) is 4. The molecular formula is C24H38N10O. The van der Waals surface area contributed by atoms with E-state index in [2.05, 4.69) is 20.8 Å². The molecule has 0 spiro atoms. The molecular weight excluding hydrogens is 444 g/mol. The second kappa shape index (κ2) is 10.1. The zero-order chi connectivity index (χ0) is 24.5. The fraction of sp³-hybridized carbons (Fsp3) is 0.625. The zero-order valence-corrected chi connectivity index (χ0v) is 20.2. The van der Waals surface area contributed by atoms with Crippen LogP contribution < -0.4 is 37.6 Å². The summed E-state index contributed by atoms with van der Waals surface area (Å²) < 4.78 is 0. The monoisotopic (exact) mass is 482 g/mol. The van der Waals surface area contributed by atoms with Gasteiger partial charge in [-0.25, -0.2) is 0 Å². The molecule has 3 saturated heterocycles. The van der Waals surface area contributed by atoms with Gasteiger partial charge in [0.1, 0.15) is 5.75 Å². The molecule has 2 aromatic rings. The quantitative estimate of drug-likeness (QED) is 0.387. The summed E-state index contributed by atoms with van der Waals surface area (Å²) in [6, 6.07) is 7.51. The van der Waals surface area contributed by atoms with Gasteiger partial charge >= 0.3 is 0 Å². The van der Waals surface area contributed by atoms with E-state index in [4.69, 9.17) is 37.9 Å². The minimum atomic E-state index is -0.0164. The van der Waals surface area contributed by atoms with Crippen molar-refractivity contribution in [2.24, 2.45) is 22.9 Å². The number of aromatic nitrogens is 3. The van der Waals surface area contributed by atoms with Crippen LogP contribution in [-0.4, -0.2) is 83.5 Å².